The van der Waals surface area contributed by atoms with Crippen LogP contribution in [-0.2, 0) is 16.1 Å². The Labute approximate surface area is 129 Å². The van der Waals surface area contributed by atoms with E-state index in [1.54, 1.807) is 7.11 Å². The van der Waals surface area contributed by atoms with Crippen LogP contribution >= 0.6 is 0 Å². The van der Waals surface area contributed by atoms with E-state index in [9.17, 15) is 0 Å². The van der Waals surface area contributed by atoms with Gasteiger partial charge in [0.25, 0.3) is 0 Å². The minimum atomic E-state index is 0.632. The average Bonchev–Trinajstić information content (AvgIpc) is 3.05. The molecule has 1 fully saturated rings. The average molecular weight is 291 g/mol. The molecule has 2 rings (SSSR count). The molecule has 0 aromatic heterocycles. The number of benzene rings is 1. The molecule has 1 unspecified atom stereocenters. The first kappa shape index (κ1) is 16.5. The van der Waals surface area contributed by atoms with E-state index < -0.39 is 0 Å². The van der Waals surface area contributed by atoms with Gasteiger partial charge in [-0.25, -0.2) is 0 Å². The number of methoxy groups -OCH3 is 1. The van der Waals surface area contributed by atoms with Crippen molar-refractivity contribution < 1.29 is 9.47 Å². The fourth-order valence-corrected chi connectivity index (χ4v) is 3.15. The Morgan fingerprint density at radius 2 is 1.95 bits per heavy atom. The van der Waals surface area contributed by atoms with Crippen molar-refractivity contribution in [2.24, 2.45) is 11.8 Å². The summed E-state index contributed by atoms with van der Waals surface area (Å²) in [4.78, 5) is 0. The van der Waals surface area contributed by atoms with Crippen molar-refractivity contribution in [1.29, 1.82) is 0 Å². The van der Waals surface area contributed by atoms with Crippen molar-refractivity contribution in [3.05, 3.63) is 35.9 Å². The second-order valence-electron chi connectivity index (χ2n) is 6.00. The first-order valence-corrected chi connectivity index (χ1v) is 8.21. The molecular formula is C18H29NO2. The zero-order valence-electron chi connectivity index (χ0n) is 13.2. The van der Waals surface area contributed by atoms with Gasteiger partial charge < -0.3 is 14.8 Å². The molecule has 0 spiro atoms. The molecule has 1 aliphatic carbocycles. The van der Waals surface area contributed by atoms with Gasteiger partial charge in [-0.3, -0.25) is 0 Å². The second-order valence-corrected chi connectivity index (χ2v) is 6.00. The van der Waals surface area contributed by atoms with Crippen LogP contribution in [0.2, 0.25) is 0 Å². The van der Waals surface area contributed by atoms with Crippen molar-refractivity contribution in [3.63, 3.8) is 0 Å². The molecule has 1 atom stereocenters. The lowest BCUT2D eigenvalue weighted by Gasteiger charge is -2.24. The van der Waals surface area contributed by atoms with Crippen LogP contribution in [0.3, 0.4) is 0 Å². The summed E-state index contributed by atoms with van der Waals surface area (Å²) in [6.07, 6.45) is 5.51. The Bertz CT molecular complexity index is 363. The summed E-state index contributed by atoms with van der Waals surface area (Å²) in [5.74, 6) is 1.46. The summed E-state index contributed by atoms with van der Waals surface area (Å²) in [5, 5.41) is 3.51. The molecular weight excluding hydrogens is 262 g/mol. The van der Waals surface area contributed by atoms with Gasteiger partial charge in [0.15, 0.2) is 0 Å². The fourth-order valence-electron chi connectivity index (χ4n) is 3.15. The first-order chi connectivity index (χ1) is 10.4. The van der Waals surface area contributed by atoms with Crippen LogP contribution in [0.5, 0.6) is 0 Å². The molecule has 1 aromatic carbocycles. The minimum Gasteiger partial charge on any atom is -0.383 e. The van der Waals surface area contributed by atoms with Gasteiger partial charge >= 0.3 is 0 Å². The molecule has 1 aromatic rings. The smallest absolute Gasteiger partial charge is 0.0717 e. The highest BCUT2D eigenvalue weighted by atomic mass is 16.5. The predicted octanol–water partition coefficient (Wildman–Crippen LogP) is 3.25. The van der Waals surface area contributed by atoms with Crippen LogP contribution in [0.1, 0.15) is 31.2 Å². The fraction of sp³-hybridized carbons (Fsp3) is 0.667. The predicted molar refractivity (Wildman–Crippen MR) is 86.3 cm³/mol. The molecule has 1 aliphatic rings. The van der Waals surface area contributed by atoms with Crippen molar-refractivity contribution in [2.45, 2.75) is 32.3 Å². The Hall–Kier alpha value is -0.900. The molecule has 3 heteroatoms. The van der Waals surface area contributed by atoms with Crippen molar-refractivity contribution in [3.8, 4) is 0 Å². The third-order valence-corrected chi connectivity index (χ3v) is 4.40. The summed E-state index contributed by atoms with van der Waals surface area (Å²) in [6.45, 7) is 4.34. The van der Waals surface area contributed by atoms with Crippen LogP contribution in [0.15, 0.2) is 30.3 Å². The topological polar surface area (TPSA) is 30.5 Å². The van der Waals surface area contributed by atoms with E-state index in [0.717, 1.165) is 38.8 Å². The van der Waals surface area contributed by atoms with Gasteiger partial charge in [0.05, 0.1) is 19.8 Å². The number of nitrogens with one attached hydrogen (secondary N) is 1. The van der Waals surface area contributed by atoms with E-state index in [-0.39, 0.29) is 0 Å². The molecule has 0 heterocycles. The Morgan fingerprint density at radius 1 is 1.19 bits per heavy atom. The van der Waals surface area contributed by atoms with Crippen LogP contribution in [0.25, 0.3) is 0 Å². The molecule has 1 N–H and O–H groups in total. The highest BCUT2D eigenvalue weighted by molar-refractivity contribution is 5.13. The highest BCUT2D eigenvalue weighted by Crippen LogP contribution is 2.31. The van der Waals surface area contributed by atoms with E-state index in [4.69, 9.17) is 9.47 Å². The summed E-state index contributed by atoms with van der Waals surface area (Å²) in [5.41, 5.74) is 1.26. The highest BCUT2D eigenvalue weighted by Gasteiger charge is 2.24. The van der Waals surface area contributed by atoms with E-state index in [2.05, 4.69) is 29.6 Å². The lowest BCUT2D eigenvalue weighted by molar-refractivity contribution is 0.0653. The standard InChI is InChI=1S/C18H29NO2/c1-20-12-11-19-13-18(17-9-5-6-10-17)15-21-14-16-7-3-2-4-8-16/h2-4,7-8,17-19H,5-6,9-15H2,1H3. The zero-order valence-corrected chi connectivity index (χ0v) is 13.2. The number of hydrogen-bond acceptors (Lipinski definition) is 3. The largest absolute Gasteiger partial charge is 0.383 e. The quantitative estimate of drug-likeness (QED) is 0.671. The van der Waals surface area contributed by atoms with Gasteiger partial charge in [-0.15, -0.1) is 0 Å². The molecule has 0 bridgehead atoms. The zero-order chi connectivity index (χ0) is 14.8. The molecule has 118 valence electrons. The Morgan fingerprint density at radius 3 is 2.67 bits per heavy atom. The maximum Gasteiger partial charge on any atom is 0.0717 e. The lowest BCUT2D eigenvalue weighted by Crippen LogP contribution is -2.32. The number of ether oxygens (including phenoxy) is 2. The number of rotatable bonds is 10. The maximum absolute atomic E-state index is 5.98. The van der Waals surface area contributed by atoms with Crippen molar-refractivity contribution in [1.82, 2.24) is 5.32 Å². The van der Waals surface area contributed by atoms with E-state index >= 15 is 0 Å². The Balaban J connectivity index is 1.72. The molecule has 0 radical (unpaired) electrons. The van der Waals surface area contributed by atoms with Crippen LogP contribution < -0.4 is 5.32 Å². The maximum atomic E-state index is 5.98. The number of hydrogen-bond donors (Lipinski definition) is 1. The summed E-state index contributed by atoms with van der Waals surface area (Å²) in [7, 11) is 1.75. The third-order valence-electron chi connectivity index (χ3n) is 4.40. The van der Waals surface area contributed by atoms with Gasteiger partial charge in [-0.1, -0.05) is 56.0 Å². The second kappa shape index (κ2) is 9.93. The van der Waals surface area contributed by atoms with Crippen molar-refractivity contribution >= 4 is 0 Å². The summed E-state index contributed by atoms with van der Waals surface area (Å²) < 4.78 is 11.1. The molecule has 1 saturated carbocycles. The monoisotopic (exact) mass is 291 g/mol. The molecule has 0 amide bonds. The van der Waals surface area contributed by atoms with Gasteiger partial charge in [0.1, 0.15) is 0 Å². The lowest BCUT2D eigenvalue weighted by atomic mass is 9.91. The molecule has 21 heavy (non-hydrogen) atoms. The summed E-state index contributed by atoms with van der Waals surface area (Å²) >= 11 is 0. The van der Waals surface area contributed by atoms with Gasteiger partial charge in [-0.05, 0) is 17.4 Å². The first-order valence-electron chi connectivity index (χ1n) is 8.21. The molecule has 3 nitrogen and oxygen atoms in total. The Kier molecular flexibility index (Phi) is 7.79. The van der Waals surface area contributed by atoms with Gasteiger partial charge in [0.2, 0.25) is 0 Å². The summed E-state index contributed by atoms with van der Waals surface area (Å²) in [6, 6.07) is 10.4. The van der Waals surface area contributed by atoms with Crippen LogP contribution in [-0.4, -0.2) is 33.4 Å². The SMILES string of the molecule is COCCNCC(COCc1ccccc1)C1CCCC1. The third kappa shape index (κ3) is 6.16. The van der Waals surface area contributed by atoms with Crippen molar-refractivity contribution in [2.75, 3.05) is 33.4 Å². The molecule has 0 saturated heterocycles. The van der Waals surface area contributed by atoms with E-state index in [1.165, 1.54) is 31.2 Å². The van der Waals surface area contributed by atoms with E-state index in [0.29, 0.717) is 5.92 Å². The van der Waals surface area contributed by atoms with Crippen LogP contribution in [0.4, 0.5) is 0 Å². The van der Waals surface area contributed by atoms with E-state index in [1.807, 2.05) is 6.07 Å². The minimum absolute atomic E-state index is 0.632. The van der Waals surface area contributed by atoms with Gasteiger partial charge in [-0.2, -0.15) is 0 Å². The van der Waals surface area contributed by atoms with Crippen LogP contribution in [0, 0.1) is 11.8 Å². The normalized spacial score (nSPS) is 17.2. The molecule has 0 aliphatic heterocycles. The van der Waals surface area contributed by atoms with Gasteiger partial charge in [0, 0.05) is 20.2 Å².